The van der Waals surface area contributed by atoms with E-state index in [4.69, 9.17) is 10.7 Å². The van der Waals surface area contributed by atoms with E-state index in [2.05, 4.69) is 99.1 Å². The first-order valence-electron chi connectivity index (χ1n) is 14.4. The van der Waals surface area contributed by atoms with Crippen molar-refractivity contribution in [1.29, 1.82) is 0 Å². The van der Waals surface area contributed by atoms with Crippen LogP contribution in [0.4, 0.5) is 0 Å². The maximum Gasteiger partial charge on any atom is 0.123 e. The van der Waals surface area contributed by atoms with Crippen LogP contribution in [0.3, 0.4) is 0 Å². The smallest absolute Gasteiger partial charge is 0.123 e. The van der Waals surface area contributed by atoms with Gasteiger partial charge in [0, 0.05) is 6.42 Å². The Morgan fingerprint density at radius 1 is 0.750 bits per heavy atom. The monoisotopic (exact) mass is 526 g/mol. The topological polar surface area (TPSA) is 95.4 Å². The number of H-pyrrole nitrogens is 2. The van der Waals surface area contributed by atoms with Crippen molar-refractivity contribution in [3.63, 3.8) is 0 Å². The Balaban J connectivity index is 1.13. The molecule has 6 heteroatoms. The molecule has 40 heavy (non-hydrogen) atoms. The summed E-state index contributed by atoms with van der Waals surface area (Å²) in [4.78, 5) is 16.4. The highest BCUT2D eigenvalue weighted by Crippen LogP contribution is 2.31. The molecule has 6 aromatic rings. The number of unbranched alkanes of at least 4 members (excludes halogenated alkanes) is 1. The van der Waals surface area contributed by atoms with Crippen molar-refractivity contribution in [2.45, 2.75) is 38.1 Å². The molecule has 1 atom stereocenters. The standard InChI is InChI=1S/C34H34N6/c35-16-2-1-5-33-38-29-15-14-27(20-31(29)39-33)26-13-9-23-8-12-25(18-28(23)19-26)22-6-10-24(11-7-22)32-21-37-34(40-32)30-4-3-17-36-30/h6-15,18-21,30,36H,1-5,16-17,35H2,(H,37,40)(H,38,39)/t30-/m0/s1. The molecule has 3 heterocycles. The highest BCUT2D eigenvalue weighted by atomic mass is 15.0. The maximum absolute atomic E-state index is 5.64. The van der Waals surface area contributed by atoms with Gasteiger partial charge in [-0.25, -0.2) is 9.97 Å². The van der Waals surface area contributed by atoms with Crippen molar-refractivity contribution in [1.82, 2.24) is 25.3 Å². The lowest BCUT2D eigenvalue weighted by molar-refractivity contribution is 0.613. The molecular formula is C34H34N6. The van der Waals surface area contributed by atoms with Gasteiger partial charge in [-0.15, -0.1) is 0 Å². The number of aryl methyl sites for hydroxylation is 1. The van der Waals surface area contributed by atoms with Gasteiger partial charge in [-0.3, -0.25) is 0 Å². The zero-order chi connectivity index (χ0) is 26.9. The first-order valence-corrected chi connectivity index (χ1v) is 14.4. The van der Waals surface area contributed by atoms with Gasteiger partial charge in [0.1, 0.15) is 11.6 Å². The third-order valence-corrected chi connectivity index (χ3v) is 8.09. The van der Waals surface area contributed by atoms with Crippen LogP contribution in [0.5, 0.6) is 0 Å². The van der Waals surface area contributed by atoms with Crippen LogP contribution in [0.15, 0.2) is 85.1 Å². The summed E-state index contributed by atoms with van der Waals surface area (Å²) in [5.41, 5.74) is 14.8. The molecule has 7 rings (SSSR count). The minimum absolute atomic E-state index is 0.348. The first kappa shape index (κ1) is 24.8. The Bertz CT molecular complexity index is 1770. The summed E-state index contributed by atoms with van der Waals surface area (Å²) in [6.45, 7) is 1.79. The number of rotatable bonds is 8. The van der Waals surface area contributed by atoms with Crippen molar-refractivity contribution in [2.24, 2.45) is 5.73 Å². The van der Waals surface area contributed by atoms with E-state index in [1.807, 2.05) is 6.20 Å². The number of nitrogens with two attached hydrogens (primary N) is 1. The fraction of sp³-hybridized carbons (Fsp3) is 0.235. The van der Waals surface area contributed by atoms with Crippen LogP contribution in [0.25, 0.3) is 55.3 Å². The summed E-state index contributed by atoms with van der Waals surface area (Å²) in [7, 11) is 0. The molecule has 1 aliphatic rings. The Hall–Kier alpha value is -4.26. The van der Waals surface area contributed by atoms with E-state index < -0.39 is 0 Å². The predicted molar refractivity (Wildman–Crippen MR) is 164 cm³/mol. The van der Waals surface area contributed by atoms with Crippen molar-refractivity contribution >= 4 is 21.8 Å². The van der Waals surface area contributed by atoms with Gasteiger partial charge in [0.25, 0.3) is 0 Å². The van der Waals surface area contributed by atoms with Crippen LogP contribution in [-0.4, -0.2) is 33.0 Å². The maximum atomic E-state index is 5.64. The summed E-state index contributed by atoms with van der Waals surface area (Å²) >= 11 is 0. The predicted octanol–water partition coefficient (Wildman–Crippen LogP) is 7.15. The summed E-state index contributed by atoms with van der Waals surface area (Å²) in [6, 6.07) is 29.0. The van der Waals surface area contributed by atoms with Crippen LogP contribution in [0.2, 0.25) is 0 Å². The zero-order valence-corrected chi connectivity index (χ0v) is 22.6. The van der Waals surface area contributed by atoms with E-state index in [1.54, 1.807) is 0 Å². The SMILES string of the molecule is NCCCCc1nc2ccc(-c3ccc4ccc(-c5ccc(-c6cnc([C@@H]7CCCN7)[nH]6)cc5)cc4c3)cc2[nH]1. The number of hydrogen-bond acceptors (Lipinski definition) is 4. The molecule has 1 fully saturated rings. The largest absolute Gasteiger partial charge is 0.342 e. The molecule has 2 aromatic heterocycles. The Morgan fingerprint density at radius 3 is 2.25 bits per heavy atom. The van der Waals surface area contributed by atoms with Crippen LogP contribution in [0.1, 0.15) is 43.4 Å². The third kappa shape index (κ3) is 4.92. The van der Waals surface area contributed by atoms with Gasteiger partial charge in [0.15, 0.2) is 0 Å². The minimum Gasteiger partial charge on any atom is -0.342 e. The number of imidazole rings is 2. The summed E-state index contributed by atoms with van der Waals surface area (Å²) in [6.07, 6.45) is 7.31. The molecule has 200 valence electrons. The van der Waals surface area contributed by atoms with Gasteiger partial charge < -0.3 is 21.0 Å². The number of aromatic nitrogens is 4. The van der Waals surface area contributed by atoms with Gasteiger partial charge in [-0.05, 0) is 102 Å². The van der Waals surface area contributed by atoms with Crippen molar-refractivity contribution in [2.75, 3.05) is 13.1 Å². The summed E-state index contributed by atoms with van der Waals surface area (Å²) in [5, 5.41) is 5.98. The summed E-state index contributed by atoms with van der Waals surface area (Å²) in [5.74, 6) is 2.07. The minimum atomic E-state index is 0.348. The quantitative estimate of drug-likeness (QED) is 0.158. The molecule has 0 bridgehead atoms. The molecule has 0 aliphatic carbocycles. The number of aromatic amines is 2. The zero-order valence-electron chi connectivity index (χ0n) is 22.6. The molecule has 0 unspecified atom stereocenters. The van der Waals surface area contributed by atoms with E-state index in [0.29, 0.717) is 6.04 Å². The second kappa shape index (κ2) is 10.7. The molecular weight excluding hydrogens is 492 g/mol. The van der Waals surface area contributed by atoms with Gasteiger partial charge in [0.2, 0.25) is 0 Å². The Kier molecular flexibility index (Phi) is 6.63. The van der Waals surface area contributed by atoms with E-state index in [1.165, 1.54) is 39.4 Å². The van der Waals surface area contributed by atoms with E-state index in [0.717, 1.165) is 72.7 Å². The van der Waals surface area contributed by atoms with Crippen LogP contribution >= 0.6 is 0 Å². The van der Waals surface area contributed by atoms with Gasteiger partial charge in [0.05, 0.1) is 29.0 Å². The fourth-order valence-electron chi connectivity index (χ4n) is 5.82. The molecule has 0 spiro atoms. The highest BCUT2D eigenvalue weighted by molar-refractivity contribution is 5.92. The second-order valence-electron chi connectivity index (χ2n) is 10.8. The van der Waals surface area contributed by atoms with E-state index in [9.17, 15) is 0 Å². The van der Waals surface area contributed by atoms with Crippen LogP contribution < -0.4 is 11.1 Å². The molecule has 0 radical (unpaired) electrons. The van der Waals surface area contributed by atoms with Crippen LogP contribution in [0, 0.1) is 0 Å². The average Bonchev–Trinajstić information content (AvgIpc) is 3.77. The lowest BCUT2D eigenvalue weighted by Crippen LogP contribution is -2.14. The first-order chi connectivity index (χ1) is 19.7. The van der Waals surface area contributed by atoms with Crippen molar-refractivity contribution < 1.29 is 0 Å². The third-order valence-electron chi connectivity index (χ3n) is 8.09. The van der Waals surface area contributed by atoms with E-state index in [-0.39, 0.29) is 0 Å². The number of nitrogens with zero attached hydrogens (tertiary/aromatic N) is 2. The molecule has 1 saturated heterocycles. The normalized spacial score (nSPS) is 15.4. The average molecular weight is 527 g/mol. The Morgan fingerprint density at radius 2 is 1.48 bits per heavy atom. The molecule has 4 aromatic carbocycles. The van der Waals surface area contributed by atoms with E-state index >= 15 is 0 Å². The van der Waals surface area contributed by atoms with Gasteiger partial charge in [-0.2, -0.15) is 0 Å². The highest BCUT2D eigenvalue weighted by Gasteiger charge is 2.19. The lowest BCUT2D eigenvalue weighted by Gasteiger charge is -2.08. The molecule has 0 amide bonds. The second-order valence-corrected chi connectivity index (χ2v) is 10.8. The lowest BCUT2D eigenvalue weighted by atomic mass is 9.97. The Labute approximate surface area is 234 Å². The van der Waals surface area contributed by atoms with Crippen molar-refractivity contribution in [3.05, 3.63) is 96.7 Å². The van der Waals surface area contributed by atoms with Gasteiger partial charge >= 0.3 is 0 Å². The molecule has 1 aliphatic heterocycles. The summed E-state index contributed by atoms with van der Waals surface area (Å²) < 4.78 is 0. The van der Waals surface area contributed by atoms with Gasteiger partial charge in [-0.1, -0.05) is 54.6 Å². The number of benzene rings is 4. The van der Waals surface area contributed by atoms with Crippen LogP contribution in [-0.2, 0) is 6.42 Å². The molecule has 5 N–H and O–H groups in total. The number of fused-ring (bicyclic) bond motifs is 2. The number of hydrogen-bond donors (Lipinski definition) is 4. The molecule has 6 nitrogen and oxygen atoms in total. The van der Waals surface area contributed by atoms with Crippen molar-refractivity contribution in [3.8, 4) is 33.5 Å². The molecule has 0 saturated carbocycles. The number of nitrogens with one attached hydrogen (secondary N) is 3. The fourth-order valence-corrected chi connectivity index (χ4v) is 5.82.